The molecule has 1 fully saturated rings. The van der Waals surface area contributed by atoms with E-state index in [0.29, 0.717) is 6.61 Å². The lowest BCUT2D eigenvalue weighted by molar-refractivity contribution is -0.0334. The molecule has 1 aliphatic rings. The van der Waals surface area contributed by atoms with Gasteiger partial charge in [0.1, 0.15) is 5.75 Å². The molecule has 24 heavy (non-hydrogen) atoms. The van der Waals surface area contributed by atoms with E-state index < -0.39 is 0 Å². The van der Waals surface area contributed by atoms with Gasteiger partial charge >= 0.3 is 0 Å². The highest BCUT2D eigenvalue weighted by Crippen LogP contribution is 2.27. The maximum atomic E-state index is 9.69. The van der Waals surface area contributed by atoms with Crippen molar-refractivity contribution in [3.05, 3.63) is 52.3 Å². The van der Waals surface area contributed by atoms with Crippen LogP contribution in [0.1, 0.15) is 27.9 Å². The number of hydrogen-bond acceptors (Lipinski definition) is 5. The minimum Gasteiger partial charge on any atom is -0.508 e. The largest absolute Gasteiger partial charge is 0.508 e. The summed E-state index contributed by atoms with van der Waals surface area (Å²) < 4.78 is 8.13. The molecule has 2 aromatic heterocycles. The van der Waals surface area contributed by atoms with Crippen molar-refractivity contribution in [1.29, 1.82) is 0 Å². The quantitative estimate of drug-likeness (QED) is 0.793. The van der Waals surface area contributed by atoms with Gasteiger partial charge in [-0.25, -0.2) is 4.98 Å². The molecule has 3 aromatic rings. The summed E-state index contributed by atoms with van der Waals surface area (Å²) in [6.07, 6.45) is 2.17. The molecule has 1 N–H and O–H groups in total. The first-order chi connectivity index (χ1) is 11.6. The highest BCUT2D eigenvalue weighted by atomic mass is 32.1. The first kappa shape index (κ1) is 15.6. The van der Waals surface area contributed by atoms with Gasteiger partial charge in [-0.1, -0.05) is 12.1 Å². The van der Waals surface area contributed by atoms with E-state index in [2.05, 4.69) is 34.3 Å². The Morgan fingerprint density at radius 2 is 2.25 bits per heavy atom. The number of aromatic hydroxyl groups is 1. The van der Waals surface area contributed by atoms with E-state index >= 15 is 0 Å². The number of thiazole rings is 1. The van der Waals surface area contributed by atoms with E-state index in [1.54, 1.807) is 23.5 Å². The molecule has 1 atom stereocenters. The summed E-state index contributed by atoms with van der Waals surface area (Å²) in [5.74, 6) is 0.287. The fraction of sp³-hybridized carbons (Fsp3) is 0.389. The highest BCUT2D eigenvalue weighted by Gasteiger charge is 2.24. The number of rotatable bonds is 3. The molecule has 0 aliphatic carbocycles. The second kappa shape index (κ2) is 6.20. The maximum absolute atomic E-state index is 9.69. The zero-order chi connectivity index (χ0) is 16.7. The van der Waals surface area contributed by atoms with Crippen LogP contribution in [-0.4, -0.2) is 39.1 Å². The van der Waals surface area contributed by atoms with Crippen molar-refractivity contribution in [3.63, 3.8) is 0 Å². The van der Waals surface area contributed by atoms with Gasteiger partial charge < -0.3 is 9.84 Å². The number of aryl methyl sites for hydroxylation is 2. The van der Waals surface area contributed by atoms with Gasteiger partial charge in [0, 0.05) is 30.7 Å². The molecule has 0 radical (unpaired) electrons. The lowest BCUT2D eigenvalue weighted by atomic mass is 10.1. The molecule has 1 aromatic carbocycles. The van der Waals surface area contributed by atoms with Crippen LogP contribution in [0.15, 0.2) is 30.5 Å². The molecule has 1 aliphatic heterocycles. The number of benzene rings is 1. The predicted octanol–water partition coefficient (Wildman–Crippen LogP) is 3.29. The summed E-state index contributed by atoms with van der Waals surface area (Å²) in [7, 11) is 0. The summed E-state index contributed by atoms with van der Waals surface area (Å²) in [5.41, 5.74) is 3.38. The molecule has 5 nitrogen and oxygen atoms in total. The van der Waals surface area contributed by atoms with Crippen molar-refractivity contribution in [2.75, 3.05) is 19.7 Å². The SMILES string of the molecule is Cc1cn2c(CN3CCOC(c4cccc(O)c4)C3)c(C)nc2s1. The number of phenolic OH excluding ortho intramolecular Hbond substituents is 1. The Morgan fingerprint density at radius 1 is 1.38 bits per heavy atom. The van der Waals surface area contributed by atoms with Gasteiger partial charge in [-0.15, -0.1) is 11.3 Å². The standard InChI is InChI=1S/C18H21N3O2S/c1-12-9-21-16(13(2)19-18(21)24-12)10-20-6-7-23-17(11-20)14-4-3-5-15(22)8-14/h3-5,8-9,17,22H,6-7,10-11H2,1-2H3. The summed E-state index contributed by atoms with van der Waals surface area (Å²) in [5, 5.41) is 9.69. The highest BCUT2D eigenvalue weighted by molar-refractivity contribution is 7.17. The van der Waals surface area contributed by atoms with Gasteiger partial charge in [0.05, 0.1) is 24.1 Å². The molecule has 1 saturated heterocycles. The van der Waals surface area contributed by atoms with Crippen LogP contribution >= 0.6 is 11.3 Å². The van der Waals surface area contributed by atoms with Crippen molar-refractivity contribution in [3.8, 4) is 5.75 Å². The van der Waals surface area contributed by atoms with Crippen LogP contribution in [0.25, 0.3) is 4.96 Å². The smallest absolute Gasteiger partial charge is 0.194 e. The maximum Gasteiger partial charge on any atom is 0.194 e. The van der Waals surface area contributed by atoms with Crippen LogP contribution in [-0.2, 0) is 11.3 Å². The lowest BCUT2D eigenvalue weighted by Crippen LogP contribution is -2.38. The Bertz CT molecular complexity index is 870. The van der Waals surface area contributed by atoms with Gasteiger partial charge in [0.15, 0.2) is 4.96 Å². The molecular weight excluding hydrogens is 322 g/mol. The van der Waals surface area contributed by atoms with Crippen LogP contribution in [0.3, 0.4) is 0 Å². The zero-order valence-electron chi connectivity index (χ0n) is 13.9. The Kier molecular flexibility index (Phi) is 4.04. The summed E-state index contributed by atoms with van der Waals surface area (Å²) >= 11 is 1.73. The Morgan fingerprint density at radius 3 is 3.08 bits per heavy atom. The second-order valence-corrected chi connectivity index (χ2v) is 7.54. The molecule has 3 heterocycles. The van der Waals surface area contributed by atoms with Gasteiger partial charge in [0.2, 0.25) is 0 Å². The monoisotopic (exact) mass is 343 g/mol. The molecular formula is C18H21N3O2S. The molecule has 4 rings (SSSR count). The minimum atomic E-state index is -0.00113. The van der Waals surface area contributed by atoms with E-state index in [4.69, 9.17) is 4.74 Å². The third kappa shape index (κ3) is 2.92. The van der Waals surface area contributed by atoms with Crippen molar-refractivity contribution >= 4 is 16.3 Å². The van der Waals surface area contributed by atoms with E-state index in [-0.39, 0.29) is 11.9 Å². The Balaban J connectivity index is 1.55. The van der Waals surface area contributed by atoms with E-state index in [1.807, 2.05) is 12.1 Å². The number of morpholine rings is 1. The first-order valence-electron chi connectivity index (χ1n) is 8.17. The van der Waals surface area contributed by atoms with Crippen LogP contribution < -0.4 is 0 Å². The van der Waals surface area contributed by atoms with E-state index in [0.717, 1.165) is 35.9 Å². The topological polar surface area (TPSA) is 50.0 Å². The minimum absolute atomic E-state index is 0.00113. The van der Waals surface area contributed by atoms with Crippen LogP contribution in [0.4, 0.5) is 0 Å². The zero-order valence-corrected chi connectivity index (χ0v) is 14.7. The number of aromatic nitrogens is 2. The van der Waals surface area contributed by atoms with Gasteiger partial charge in [0.25, 0.3) is 0 Å². The van der Waals surface area contributed by atoms with E-state index in [1.165, 1.54) is 10.6 Å². The predicted molar refractivity (Wildman–Crippen MR) is 94.6 cm³/mol. The Labute approximate surface area is 145 Å². The van der Waals surface area contributed by atoms with Crippen molar-refractivity contribution in [2.24, 2.45) is 0 Å². The van der Waals surface area contributed by atoms with Crippen molar-refractivity contribution in [2.45, 2.75) is 26.5 Å². The Hall–Kier alpha value is -1.89. The number of hydrogen-bond donors (Lipinski definition) is 1. The summed E-state index contributed by atoms with van der Waals surface area (Å²) in [6.45, 7) is 7.48. The number of imidazole rings is 1. The number of ether oxygens (including phenoxy) is 1. The van der Waals surface area contributed by atoms with Gasteiger partial charge in [-0.2, -0.15) is 0 Å². The normalized spacial score (nSPS) is 19.2. The molecule has 6 heteroatoms. The second-order valence-electron chi connectivity index (χ2n) is 6.33. The fourth-order valence-electron chi connectivity index (χ4n) is 3.28. The van der Waals surface area contributed by atoms with Crippen molar-refractivity contribution < 1.29 is 9.84 Å². The van der Waals surface area contributed by atoms with Gasteiger partial charge in [-0.05, 0) is 31.5 Å². The summed E-state index contributed by atoms with van der Waals surface area (Å²) in [6, 6.07) is 7.36. The molecule has 0 spiro atoms. The van der Waals surface area contributed by atoms with Crippen molar-refractivity contribution in [1.82, 2.24) is 14.3 Å². The summed E-state index contributed by atoms with van der Waals surface area (Å²) in [4.78, 5) is 9.43. The first-order valence-corrected chi connectivity index (χ1v) is 8.98. The van der Waals surface area contributed by atoms with E-state index in [9.17, 15) is 5.11 Å². The molecule has 0 bridgehead atoms. The molecule has 1 unspecified atom stereocenters. The van der Waals surface area contributed by atoms with Crippen LogP contribution in [0.2, 0.25) is 0 Å². The average Bonchev–Trinajstić information content (AvgIpc) is 3.05. The lowest BCUT2D eigenvalue weighted by Gasteiger charge is -2.33. The van der Waals surface area contributed by atoms with Gasteiger partial charge in [-0.3, -0.25) is 9.30 Å². The molecule has 0 saturated carbocycles. The molecule has 126 valence electrons. The van der Waals surface area contributed by atoms with Crippen LogP contribution in [0, 0.1) is 13.8 Å². The van der Waals surface area contributed by atoms with Crippen LogP contribution in [0.5, 0.6) is 5.75 Å². The number of phenols is 1. The number of nitrogens with zero attached hydrogens (tertiary/aromatic N) is 3. The molecule has 0 amide bonds. The fourth-order valence-corrected chi connectivity index (χ4v) is 4.17. The third-order valence-electron chi connectivity index (χ3n) is 4.51. The number of fused-ring (bicyclic) bond motifs is 1. The third-order valence-corrected chi connectivity index (χ3v) is 5.40. The average molecular weight is 343 g/mol.